The zero-order valence-electron chi connectivity index (χ0n) is 13.5. The lowest BCUT2D eigenvalue weighted by Crippen LogP contribution is -2.30. The largest absolute Gasteiger partial charge is 0.468 e. The van der Waals surface area contributed by atoms with Crippen LogP contribution < -0.4 is 10.0 Å². The highest BCUT2D eigenvalue weighted by Gasteiger charge is 2.20. The van der Waals surface area contributed by atoms with Crippen molar-refractivity contribution in [1.82, 2.24) is 5.32 Å². The first kappa shape index (κ1) is 19.3. The van der Waals surface area contributed by atoms with Crippen molar-refractivity contribution in [1.29, 1.82) is 0 Å². The highest BCUT2D eigenvalue weighted by Crippen LogP contribution is 2.20. The normalized spacial score (nSPS) is 10.9. The molecule has 0 aliphatic rings. The highest BCUT2D eigenvalue weighted by molar-refractivity contribution is 7.92. The quantitative estimate of drug-likeness (QED) is 0.738. The summed E-state index contributed by atoms with van der Waals surface area (Å²) >= 11 is 0. The lowest BCUT2D eigenvalue weighted by Gasteiger charge is -2.10. The van der Waals surface area contributed by atoms with E-state index in [0.29, 0.717) is 12.1 Å². The summed E-state index contributed by atoms with van der Waals surface area (Å²) in [6.45, 7) is -0.317. The summed E-state index contributed by atoms with van der Waals surface area (Å²) in [5.41, 5.74) is 0.201. The Hall–Kier alpha value is -3.01. The number of benzene rings is 2. The van der Waals surface area contributed by atoms with Crippen LogP contribution >= 0.6 is 0 Å². The number of hydrogen-bond acceptors (Lipinski definition) is 5. The number of methoxy groups -OCH3 is 1. The van der Waals surface area contributed by atoms with E-state index >= 15 is 0 Å². The lowest BCUT2D eigenvalue weighted by atomic mass is 10.2. The molecule has 2 aromatic carbocycles. The zero-order chi connectivity index (χ0) is 19.3. The molecule has 0 unspecified atom stereocenters. The first-order valence-electron chi connectivity index (χ1n) is 7.16. The first-order chi connectivity index (χ1) is 12.2. The van der Waals surface area contributed by atoms with E-state index in [9.17, 15) is 26.8 Å². The Kier molecular flexibility index (Phi) is 5.88. The Balaban J connectivity index is 2.12. The predicted molar refractivity (Wildman–Crippen MR) is 88.0 cm³/mol. The molecule has 2 aromatic rings. The second-order valence-electron chi connectivity index (χ2n) is 5.02. The topological polar surface area (TPSA) is 102 Å². The molecule has 0 fully saturated rings. The zero-order valence-corrected chi connectivity index (χ0v) is 14.3. The molecule has 2 rings (SSSR count). The molecule has 0 aliphatic carbocycles. The van der Waals surface area contributed by atoms with Crippen LogP contribution in [0.25, 0.3) is 0 Å². The van der Waals surface area contributed by atoms with Crippen molar-refractivity contribution < 1.29 is 31.5 Å². The van der Waals surface area contributed by atoms with Crippen molar-refractivity contribution in [3.63, 3.8) is 0 Å². The summed E-state index contributed by atoms with van der Waals surface area (Å²) in [4.78, 5) is 22.0. The third-order valence-electron chi connectivity index (χ3n) is 3.20. The van der Waals surface area contributed by atoms with Crippen LogP contribution in [0.4, 0.5) is 14.5 Å². The minimum absolute atomic E-state index is 0.0400. The standard InChI is InChI=1S/C16H14F2N2O5S/c1-25-15(21)9-19-16(22)10-2-5-12(6-3-10)20-26(23,24)14-8-11(17)4-7-13(14)18/h2-8,20H,9H2,1H3,(H,19,22). The molecular weight excluding hydrogens is 370 g/mol. The molecule has 26 heavy (non-hydrogen) atoms. The summed E-state index contributed by atoms with van der Waals surface area (Å²) in [6.07, 6.45) is 0. The molecule has 0 atom stereocenters. The van der Waals surface area contributed by atoms with Crippen molar-refractivity contribution in [2.75, 3.05) is 18.4 Å². The molecule has 2 N–H and O–H groups in total. The van der Waals surface area contributed by atoms with Crippen LogP contribution in [0.15, 0.2) is 47.4 Å². The third-order valence-corrected chi connectivity index (χ3v) is 4.60. The van der Waals surface area contributed by atoms with Gasteiger partial charge in [0.25, 0.3) is 15.9 Å². The maximum atomic E-state index is 13.6. The SMILES string of the molecule is COC(=O)CNC(=O)c1ccc(NS(=O)(=O)c2cc(F)ccc2F)cc1. The van der Waals surface area contributed by atoms with Gasteiger partial charge in [0.05, 0.1) is 7.11 Å². The second kappa shape index (κ2) is 7.91. The van der Waals surface area contributed by atoms with Crippen LogP contribution in [0.2, 0.25) is 0 Å². The molecule has 138 valence electrons. The van der Waals surface area contributed by atoms with E-state index in [0.717, 1.165) is 6.07 Å². The van der Waals surface area contributed by atoms with Gasteiger partial charge in [-0.15, -0.1) is 0 Å². The van der Waals surface area contributed by atoms with Crippen molar-refractivity contribution >= 4 is 27.6 Å². The summed E-state index contributed by atoms with van der Waals surface area (Å²) in [6, 6.07) is 7.20. The molecule has 0 aromatic heterocycles. The molecule has 0 saturated heterocycles. The Bertz CT molecular complexity index is 930. The van der Waals surface area contributed by atoms with Crippen LogP contribution in [-0.2, 0) is 19.6 Å². The highest BCUT2D eigenvalue weighted by atomic mass is 32.2. The Labute approximate surface area is 148 Å². The van der Waals surface area contributed by atoms with Crippen LogP contribution in [0.5, 0.6) is 0 Å². The average Bonchev–Trinajstić information content (AvgIpc) is 2.61. The van der Waals surface area contributed by atoms with E-state index in [1.54, 1.807) is 0 Å². The predicted octanol–water partition coefficient (Wildman–Crippen LogP) is 1.67. The minimum atomic E-state index is -4.35. The first-order valence-corrected chi connectivity index (χ1v) is 8.64. The smallest absolute Gasteiger partial charge is 0.325 e. The molecule has 0 spiro atoms. The molecular formula is C16H14F2N2O5S. The van der Waals surface area contributed by atoms with E-state index in [1.807, 2.05) is 0 Å². The van der Waals surface area contributed by atoms with Gasteiger partial charge in [-0.25, -0.2) is 17.2 Å². The van der Waals surface area contributed by atoms with E-state index in [2.05, 4.69) is 14.8 Å². The molecule has 0 heterocycles. The third kappa shape index (κ3) is 4.76. The fraction of sp³-hybridized carbons (Fsp3) is 0.125. The van der Waals surface area contributed by atoms with Crippen molar-refractivity contribution in [3.8, 4) is 0 Å². The maximum Gasteiger partial charge on any atom is 0.325 e. The van der Waals surface area contributed by atoms with Crippen molar-refractivity contribution in [2.45, 2.75) is 4.90 Å². The fourth-order valence-corrected chi connectivity index (χ4v) is 3.06. The number of ether oxygens (including phenoxy) is 1. The lowest BCUT2D eigenvalue weighted by molar-refractivity contribution is -0.139. The van der Waals surface area contributed by atoms with E-state index in [4.69, 9.17) is 0 Å². The van der Waals surface area contributed by atoms with Gasteiger partial charge < -0.3 is 10.1 Å². The number of hydrogen-bond donors (Lipinski definition) is 2. The number of amides is 1. The number of rotatable bonds is 6. The summed E-state index contributed by atoms with van der Waals surface area (Å²) in [7, 11) is -3.17. The van der Waals surface area contributed by atoms with Gasteiger partial charge in [-0.3, -0.25) is 14.3 Å². The molecule has 0 aliphatic heterocycles. The number of carbonyl (C=O) groups excluding carboxylic acids is 2. The number of sulfonamides is 1. The molecule has 7 nitrogen and oxygen atoms in total. The fourth-order valence-electron chi connectivity index (χ4n) is 1.91. The Morgan fingerprint density at radius 1 is 1.08 bits per heavy atom. The van der Waals surface area contributed by atoms with Crippen LogP contribution in [0.3, 0.4) is 0 Å². The van der Waals surface area contributed by atoms with Gasteiger partial charge in [0.15, 0.2) is 0 Å². The molecule has 10 heteroatoms. The number of nitrogens with one attached hydrogen (secondary N) is 2. The van der Waals surface area contributed by atoms with Gasteiger partial charge in [-0.2, -0.15) is 0 Å². The second-order valence-corrected chi connectivity index (χ2v) is 6.67. The van der Waals surface area contributed by atoms with E-state index in [-0.39, 0.29) is 17.8 Å². The molecule has 0 saturated carbocycles. The van der Waals surface area contributed by atoms with Gasteiger partial charge >= 0.3 is 5.97 Å². The number of carbonyl (C=O) groups is 2. The summed E-state index contributed by atoms with van der Waals surface area (Å²) in [5, 5.41) is 2.31. The number of anilines is 1. The molecule has 0 bridgehead atoms. The Morgan fingerprint density at radius 3 is 2.35 bits per heavy atom. The monoisotopic (exact) mass is 384 g/mol. The maximum absolute atomic E-state index is 13.6. The van der Waals surface area contributed by atoms with Gasteiger partial charge in [0.2, 0.25) is 0 Å². The average molecular weight is 384 g/mol. The van der Waals surface area contributed by atoms with E-state index in [1.165, 1.54) is 31.4 Å². The van der Waals surface area contributed by atoms with Crippen LogP contribution in [0.1, 0.15) is 10.4 Å². The molecule has 1 amide bonds. The summed E-state index contributed by atoms with van der Waals surface area (Å²) in [5.74, 6) is -3.19. The summed E-state index contributed by atoms with van der Waals surface area (Å²) < 4.78 is 57.6. The van der Waals surface area contributed by atoms with Crippen molar-refractivity contribution in [3.05, 3.63) is 59.7 Å². The number of halogens is 2. The minimum Gasteiger partial charge on any atom is -0.468 e. The van der Waals surface area contributed by atoms with Gasteiger partial charge in [0, 0.05) is 11.3 Å². The van der Waals surface area contributed by atoms with Gasteiger partial charge in [0.1, 0.15) is 23.1 Å². The Morgan fingerprint density at radius 2 is 1.73 bits per heavy atom. The van der Waals surface area contributed by atoms with Gasteiger partial charge in [-0.1, -0.05) is 0 Å². The molecule has 0 radical (unpaired) electrons. The van der Waals surface area contributed by atoms with Crippen LogP contribution in [0, 0.1) is 11.6 Å². The van der Waals surface area contributed by atoms with E-state index < -0.39 is 38.4 Å². The van der Waals surface area contributed by atoms with Gasteiger partial charge in [-0.05, 0) is 42.5 Å². The van der Waals surface area contributed by atoms with Crippen molar-refractivity contribution in [2.24, 2.45) is 0 Å². The number of esters is 1. The van der Waals surface area contributed by atoms with Crippen LogP contribution in [-0.4, -0.2) is 33.9 Å².